The van der Waals surface area contributed by atoms with E-state index in [0.29, 0.717) is 12.1 Å². The maximum atomic E-state index is 12.4. The van der Waals surface area contributed by atoms with E-state index in [1.807, 2.05) is 6.92 Å². The van der Waals surface area contributed by atoms with Crippen LogP contribution in [0, 0.1) is 10.1 Å². The van der Waals surface area contributed by atoms with Gasteiger partial charge in [0.2, 0.25) is 0 Å². The molecule has 0 spiro atoms. The number of nitrogens with one attached hydrogen (secondary N) is 1. The first-order chi connectivity index (χ1) is 9.54. The van der Waals surface area contributed by atoms with Crippen molar-refractivity contribution in [2.45, 2.75) is 13.0 Å². The monoisotopic (exact) mass is 315 g/mol. The third kappa shape index (κ3) is 3.62. The van der Waals surface area contributed by atoms with Crippen molar-refractivity contribution >= 4 is 24.0 Å². The molecule has 0 radical (unpaired) electrons. The smallest absolute Gasteiger partial charge is 0.311 e. The van der Waals surface area contributed by atoms with Crippen molar-refractivity contribution in [1.82, 2.24) is 10.2 Å². The fraction of sp³-hybridized carbons (Fsp3) is 0.462. The number of benzene rings is 1. The van der Waals surface area contributed by atoms with Gasteiger partial charge in [-0.15, -0.1) is 12.4 Å². The zero-order chi connectivity index (χ0) is 14.7. The molecule has 1 atom stereocenters. The lowest BCUT2D eigenvalue weighted by Crippen LogP contribution is -2.52. The van der Waals surface area contributed by atoms with Crippen LogP contribution in [0.4, 0.5) is 5.69 Å². The molecule has 1 aromatic rings. The van der Waals surface area contributed by atoms with Crippen LogP contribution in [-0.2, 0) is 0 Å². The SMILES string of the molecule is COc1ccc(C(=O)N2CCNC[C@@H]2C)cc1[N+](=O)[O-].Cl. The molecule has 1 fully saturated rings. The summed E-state index contributed by atoms with van der Waals surface area (Å²) in [5.74, 6) is -0.0373. The molecule has 0 saturated carbocycles. The predicted octanol–water partition coefficient (Wildman–Crippen LogP) is 1.46. The molecular weight excluding hydrogens is 298 g/mol. The van der Waals surface area contributed by atoms with E-state index in [2.05, 4.69) is 5.32 Å². The van der Waals surface area contributed by atoms with Crippen LogP contribution in [-0.4, -0.2) is 48.5 Å². The quantitative estimate of drug-likeness (QED) is 0.674. The van der Waals surface area contributed by atoms with Crippen LogP contribution in [0.1, 0.15) is 17.3 Å². The minimum Gasteiger partial charge on any atom is -0.490 e. The maximum absolute atomic E-state index is 12.4. The Hall–Kier alpha value is -1.86. The Balaban J connectivity index is 0.00000220. The van der Waals surface area contributed by atoms with Crippen molar-refractivity contribution in [3.63, 3.8) is 0 Å². The van der Waals surface area contributed by atoms with Gasteiger partial charge in [-0.25, -0.2) is 0 Å². The maximum Gasteiger partial charge on any atom is 0.311 e. The molecule has 1 aromatic carbocycles. The zero-order valence-electron chi connectivity index (χ0n) is 11.9. The van der Waals surface area contributed by atoms with Gasteiger partial charge < -0.3 is 15.0 Å². The van der Waals surface area contributed by atoms with Gasteiger partial charge in [0.25, 0.3) is 5.91 Å². The van der Waals surface area contributed by atoms with Crippen molar-refractivity contribution in [3.8, 4) is 5.75 Å². The number of nitrogens with zero attached hydrogens (tertiary/aromatic N) is 2. The molecule has 116 valence electrons. The fourth-order valence-corrected chi connectivity index (χ4v) is 2.27. The van der Waals surface area contributed by atoms with Crippen LogP contribution in [0.2, 0.25) is 0 Å². The van der Waals surface area contributed by atoms with Crippen LogP contribution in [0.25, 0.3) is 0 Å². The molecule has 1 aliphatic rings. The predicted molar refractivity (Wildman–Crippen MR) is 80.3 cm³/mol. The Labute approximate surface area is 128 Å². The van der Waals surface area contributed by atoms with Crippen LogP contribution >= 0.6 is 12.4 Å². The van der Waals surface area contributed by atoms with E-state index in [1.54, 1.807) is 11.0 Å². The van der Waals surface area contributed by atoms with Gasteiger partial charge in [-0.3, -0.25) is 14.9 Å². The molecule has 1 N–H and O–H groups in total. The van der Waals surface area contributed by atoms with E-state index in [1.165, 1.54) is 19.2 Å². The van der Waals surface area contributed by atoms with Crippen molar-refractivity contribution in [3.05, 3.63) is 33.9 Å². The highest BCUT2D eigenvalue weighted by Gasteiger charge is 2.26. The number of nitro benzene ring substituents is 1. The fourth-order valence-electron chi connectivity index (χ4n) is 2.27. The number of hydrogen-bond acceptors (Lipinski definition) is 5. The van der Waals surface area contributed by atoms with Gasteiger partial charge in [0.1, 0.15) is 0 Å². The average Bonchev–Trinajstić information content (AvgIpc) is 2.46. The summed E-state index contributed by atoms with van der Waals surface area (Å²) in [4.78, 5) is 24.6. The molecule has 0 bridgehead atoms. The van der Waals surface area contributed by atoms with Crippen LogP contribution < -0.4 is 10.1 Å². The Morgan fingerprint density at radius 1 is 1.52 bits per heavy atom. The summed E-state index contributed by atoms with van der Waals surface area (Å²) in [5, 5.41) is 14.2. The highest BCUT2D eigenvalue weighted by molar-refractivity contribution is 5.95. The number of hydrogen-bond donors (Lipinski definition) is 1. The molecule has 0 unspecified atom stereocenters. The van der Waals surface area contributed by atoms with Crippen LogP contribution in [0.15, 0.2) is 18.2 Å². The lowest BCUT2D eigenvalue weighted by molar-refractivity contribution is -0.385. The number of carbonyl (C=O) groups excluding carboxylic acids is 1. The van der Waals surface area contributed by atoms with Crippen molar-refractivity contribution in [2.24, 2.45) is 0 Å². The molecule has 2 rings (SSSR count). The third-order valence-electron chi connectivity index (χ3n) is 3.38. The van der Waals surface area contributed by atoms with E-state index in [-0.39, 0.29) is 35.8 Å². The number of rotatable bonds is 3. The van der Waals surface area contributed by atoms with E-state index >= 15 is 0 Å². The first-order valence-electron chi connectivity index (χ1n) is 6.38. The summed E-state index contributed by atoms with van der Waals surface area (Å²) < 4.78 is 4.93. The molecule has 1 amide bonds. The Morgan fingerprint density at radius 2 is 2.24 bits per heavy atom. The number of piperazine rings is 1. The second kappa shape index (κ2) is 7.24. The highest BCUT2D eigenvalue weighted by atomic mass is 35.5. The summed E-state index contributed by atoms with van der Waals surface area (Å²) in [6, 6.07) is 4.36. The topological polar surface area (TPSA) is 84.7 Å². The number of ether oxygens (including phenoxy) is 1. The summed E-state index contributed by atoms with van der Waals surface area (Å²) in [6.45, 7) is 4.00. The molecule has 7 nitrogen and oxygen atoms in total. The summed E-state index contributed by atoms with van der Waals surface area (Å²) in [7, 11) is 1.36. The lowest BCUT2D eigenvalue weighted by atomic mass is 10.1. The molecule has 21 heavy (non-hydrogen) atoms. The average molecular weight is 316 g/mol. The second-order valence-electron chi connectivity index (χ2n) is 4.70. The standard InChI is InChI=1S/C13H17N3O4.ClH/c1-9-8-14-5-6-15(9)13(17)10-3-4-12(20-2)11(7-10)16(18)19;/h3-4,7,9,14H,5-6,8H2,1-2H3;1H/t9-;/m0./s1. The van der Waals surface area contributed by atoms with Gasteiger partial charge in [-0.05, 0) is 19.1 Å². The van der Waals surface area contributed by atoms with Gasteiger partial charge >= 0.3 is 5.69 Å². The molecular formula is C13H18ClN3O4. The zero-order valence-corrected chi connectivity index (χ0v) is 12.7. The van der Waals surface area contributed by atoms with Crippen molar-refractivity contribution in [2.75, 3.05) is 26.7 Å². The molecule has 1 heterocycles. The van der Waals surface area contributed by atoms with Gasteiger partial charge in [0, 0.05) is 37.3 Å². The number of methoxy groups -OCH3 is 1. The second-order valence-corrected chi connectivity index (χ2v) is 4.70. The van der Waals surface area contributed by atoms with E-state index in [9.17, 15) is 14.9 Å². The number of halogens is 1. The first kappa shape index (κ1) is 17.2. The molecule has 0 aromatic heterocycles. The Morgan fingerprint density at radius 3 is 2.81 bits per heavy atom. The normalized spacial score (nSPS) is 17.8. The molecule has 1 aliphatic heterocycles. The van der Waals surface area contributed by atoms with Crippen LogP contribution in [0.3, 0.4) is 0 Å². The molecule has 1 saturated heterocycles. The lowest BCUT2D eigenvalue weighted by Gasteiger charge is -2.34. The van der Waals surface area contributed by atoms with Crippen molar-refractivity contribution in [1.29, 1.82) is 0 Å². The van der Waals surface area contributed by atoms with E-state index < -0.39 is 4.92 Å². The highest BCUT2D eigenvalue weighted by Crippen LogP contribution is 2.28. The first-order valence-corrected chi connectivity index (χ1v) is 6.38. The number of amides is 1. The number of nitro groups is 1. The van der Waals surface area contributed by atoms with Crippen LogP contribution in [0.5, 0.6) is 5.75 Å². The number of carbonyl (C=O) groups is 1. The minimum atomic E-state index is -0.545. The summed E-state index contributed by atoms with van der Waals surface area (Å²) >= 11 is 0. The molecule has 8 heteroatoms. The Bertz CT molecular complexity index is 538. The minimum absolute atomic E-state index is 0. The van der Waals surface area contributed by atoms with Gasteiger partial charge in [-0.2, -0.15) is 0 Å². The summed E-state index contributed by atoms with van der Waals surface area (Å²) in [6.07, 6.45) is 0. The largest absolute Gasteiger partial charge is 0.490 e. The molecule has 0 aliphatic carbocycles. The van der Waals surface area contributed by atoms with Gasteiger partial charge in [0.15, 0.2) is 5.75 Å². The third-order valence-corrected chi connectivity index (χ3v) is 3.38. The van der Waals surface area contributed by atoms with E-state index in [0.717, 1.165) is 13.1 Å². The van der Waals surface area contributed by atoms with Gasteiger partial charge in [0.05, 0.1) is 12.0 Å². The van der Waals surface area contributed by atoms with E-state index in [4.69, 9.17) is 4.74 Å². The Kier molecular flexibility index (Phi) is 5.92. The van der Waals surface area contributed by atoms with Gasteiger partial charge in [-0.1, -0.05) is 0 Å². The van der Waals surface area contributed by atoms with Crippen molar-refractivity contribution < 1.29 is 14.5 Å². The summed E-state index contributed by atoms with van der Waals surface area (Å²) in [5.41, 5.74) is 0.118.